The minimum atomic E-state index is -1.90. The van der Waals surface area contributed by atoms with Gasteiger partial charge in [-0.3, -0.25) is 9.69 Å². The lowest BCUT2D eigenvalue weighted by Crippen LogP contribution is -2.51. The Kier molecular flexibility index (Phi) is 23.1. The first-order chi connectivity index (χ1) is 16.9. The zero-order valence-electron chi connectivity index (χ0n) is 22.9. The van der Waals surface area contributed by atoms with Crippen LogP contribution in [0.5, 0.6) is 0 Å². The Labute approximate surface area is 219 Å². The highest BCUT2D eigenvalue weighted by molar-refractivity contribution is 7.99. The summed E-state index contributed by atoms with van der Waals surface area (Å²) in [6, 6.07) is -1.39. The van der Waals surface area contributed by atoms with Crippen LogP contribution in [0.1, 0.15) is 130 Å². The van der Waals surface area contributed by atoms with E-state index in [2.05, 4.69) is 18.7 Å². The summed E-state index contributed by atoms with van der Waals surface area (Å²) in [5, 5.41) is 27.4. The molecule has 1 heterocycles. The number of hydrogen-bond donors (Lipinski definition) is 3. The van der Waals surface area contributed by atoms with Crippen molar-refractivity contribution in [3.63, 3.8) is 0 Å². The molecule has 6 nitrogen and oxygen atoms in total. The molecule has 0 aromatic carbocycles. The third kappa shape index (κ3) is 18.2. The molecule has 0 bridgehead atoms. The van der Waals surface area contributed by atoms with Crippen molar-refractivity contribution in [1.82, 2.24) is 4.90 Å². The number of rotatable bonds is 19. The molecule has 3 unspecified atom stereocenters. The Hall–Kier alpha value is -0.790. The lowest BCUT2D eigenvalue weighted by molar-refractivity contribution is -0.161. The molecule has 1 aliphatic heterocycles. The van der Waals surface area contributed by atoms with Gasteiger partial charge in [0.05, 0.1) is 0 Å². The van der Waals surface area contributed by atoms with E-state index in [1.165, 1.54) is 120 Å². The number of aliphatic carboxylic acids is 2. The van der Waals surface area contributed by atoms with Gasteiger partial charge in [0.25, 0.3) is 0 Å². The standard InChI is InChI=1S/C20H40S.C8H15NO5/c1-2-3-4-5-6-7-8-9-10-11-12-14-17-20-18-15-13-16-19-21-20;1-3-9(4-2)5(7(11)12)6(10)8(13)14/h20H,2-19H2,1H3;5-6,10H,3-4H2,1-2H3,(H,11,12)(H,13,14). The number of thioether (sulfide) groups is 1. The highest BCUT2D eigenvalue weighted by atomic mass is 32.2. The van der Waals surface area contributed by atoms with Gasteiger partial charge in [0, 0.05) is 5.25 Å². The van der Waals surface area contributed by atoms with Crippen LogP contribution < -0.4 is 0 Å². The molecule has 3 N–H and O–H groups in total. The number of unbranched alkanes of at least 4 members (excludes halogenated alkanes) is 11. The zero-order chi connectivity index (χ0) is 26.3. The zero-order valence-corrected chi connectivity index (χ0v) is 23.7. The third-order valence-electron chi connectivity index (χ3n) is 6.91. The van der Waals surface area contributed by atoms with Gasteiger partial charge < -0.3 is 15.3 Å². The molecule has 1 rings (SSSR count). The van der Waals surface area contributed by atoms with Gasteiger partial charge in [-0.2, -0.15) is 11.8 Å². The van der Waals surface area contributed by atoms with Gasteiger partial charge >= 0.3 is 11.9 Å². The van der Waals surface area contributed by atoms with Crippen LogP contribution in [0, 0.1) is 0 Å². The lowest BCUT2D eigenvalue weighted by atomic mass is 10.0. The predicted octanol–water partition coefficient (Wildman–Crippen LogP) is 6.98. The summed E-state index contributed by atoms with van der Waals surface area (Å²) in [7, 11) is 0. The first-order valence-electron chi connectivity index (χ1n) is 14.4. The minimum absolute atomic E-state index is 0.373. The Balaban J connectivity index is 0.000000720. The molecule has 0 aromatic heterocycles. The van der Waals surface area contributed by atoms with E-state index in [1.54, 1.807) is 13.8 Å². The average molecular weight is 518 g/mol. The molecule has 3 atom stereocenters. The lowest BCUT2D eigenvalue weighted by Gasteiger charge is -2.27. The number of aliphatic hydroxyl groups is 1. The van der Waals surface area contributed by atoms with E-state index >= 15 is 0 Å². The van der Waals surface area contributed by atoms with Crippen molar-refractivity contribution in [3.05, 3.63) is 0 Å². The molecule has 1 fully saturated rings. The van der Waals surface area contributed by atoms with Crippen LogP contribution in [0.3, 0.4) is 0 Å². The minimum Gasteiger partial charge on any atom is -0.480 e. The molecule has 1 aliphatic rings. The number of carboxylic acid groups (broad SMARTS) is 2. The van der Waals surface area contributed by atoms with E-state index in [0.717, 1.165) is 5.25 Å². The molecular formula is C28H55NO5S. The summed E-state index contributed by atoms with van der Waals surface area (Å²) in [5.74, 6) is -1.42. The second-order valence-electron chi connectivity index (χ2n) is 9.81. The maximum Gasteiger partial charge on any atom is 0.334 e. The summed E-state index contributed by atoms with van der Waals surface area (Å²) in [6.07, 6.45) is 23.3. The molecule has 0 aromatic rings. The second-order valence-corrected chi connectivity index (χ2v) is 11.2. The SMILES string of the molecule is CCCCCCCCCCCCCCC1CCCCCS1.CCN(CC)C(C(=O)O)C(O)C(=O)O. The Morgan fingerprint density at radius 2 is 1.29 bits per heavy atom. The number of likely N-dealkylation sites (N-methyl/N-ethyl adjacent to an activating group) is 1. The van der Waals surface area contributed by atoms with Crippen molar-refractivity contribution < 1.29 is 24.9 Å². The maximum atomic E-state index is 10.7. The van der Waals surface area contributed by atoms with Crippen LogP contribution in [-0.2, 0) is 9.59 Å². The smallest absolute Gasteiger partial charge is 0.334 e. The largest absolute Gasteiger partial charge is 0.480 e. The number of carbonyl (C=O) groups is 2. The Bertz CT molecular complexity index is 508. The van der Waals surface area contributed by atoms with Crippen molar-refractivity contribution in [3.8, 4) is 0 Å². The van der Waals surface area contributed by atoms with Crippen LogP contribution >= 0.6 is 11.8 Å². The van der Waals surface area contributed by atoms with Crippen molar-refractivity contribution in [2.45, 2.75) is 147 Å². The van der Waals surface area contributed by atoms with Crippen LogP contribution in [0.2, 0.25) is 0 Å². The van der Waals surface area contributed by atoms with E-state index in [9.17, 15) is 9.59 Å². The summed E-state index contributed by atoms with van der Waals surface area (Å²) in [6.45, 7) is 6.45. The molecule has 0 aliphatic carbocycles. The number of carboxylic acids is 2. The number of nitrogens with zero attached hydrogens (tertiary/aromatic N) is 1. The number of hydrogen-bond acceptors (Lipinski definition) is 5. The molecule has 0 saturated carbocycles. The van der Waals surface area contributed by atoms with Gasteiger partial charge in [0.15, 0.2) is 6.10 Å². The van der Waals surface area contributed by atoms with Crippen LogP contribution in [0.15, 0.2) is 0 Å². The molecule has 1 saturated heterocycles. The Morgan fingerprint density at radius 1 is 0.771 bits per heavy atom. The monoisotopic (exact) mass is 517 g/mol. The Morgan fingerprint density at radius 3 is 1.74 bits per heavy atom. The molecule has 7 heteroatoms. The molecule has 208 valence electrons. The molecular weight excluding hydrogens is 462 g/mol. The van der Waals surface area contributed by atoms with Crippen LogP contribution in [-0.4, -0.2) is 68.4 Å². The first-order valence-corrected chi connectivity index (χ1v) is 15.4. The summed E-state index contributed by atoms with van der Waals surface area (Å²) < 4.78 is 0. The fourth-order valence-corrected chi connectivity index (χ4v) is 6.04. The summed E-state index contributed by atoms with van der Waals surface area (Å²) in [4.78, 5) is 22.6. The van der Waals surface area contributed by atoms with Crippen molar-refractivity contribution in [1.29, 1.82) is 0 Å². The van der Waals surface area contributed by atoms with Crippen LogP contribution in [0.4, 0.5) is 0 Å². The molecule has 0 spiro atoms. The third-order valence-corrected chi connectivity index (χ3v) is 8.38. The summed E-state index contributed by atoms with van der Waals surface area (Å²) >= 11 is 2.27. The highest BCUT2D eigenvalue weighted by Crippen LogP contribution is 2.28. The van der Waals surface area contributed by atoms with E-state index in [1.807, 2.05) is 0 Å². The molecule has 0 amide bonds. The normalized spacial score (nSPS) is 17.8. The average Bonchev–Trinajstić information content (AvgIpc) is 3.11. The molecule has 0 radical (unpaired) electrons. The fourth-order valence-electron chi connectivity index (χ4n) is 4.67. The van der Waals surface area contributed by atoms with Crippen molar-refractivity contribution in [2.24, 2.45) is 0 Å². The van der Waals surface area contributed by atoms with Crippen molar-refractivity contribution >= 4 is 23.7 Å². The second kappa shape index (κ2) is 23.6. The van der Waals surface area contributed by atoms with Gasteiger partial charge in [-0.05, 0) is 38.1 Å². The number of aliphatic hydroxyl groups excluding tert-OH is 1. The fraction of sp³-hybridized carbons (Fsp3) is 0.929. The maximum absolute atomic E-state index is 10.7. The van der Waals surface area contributed by atoms with Gasteiger partial charge in [-0.25, -0.2) is 4.79 Å². The van der Waals surface area contributed by atoms with E-state index in [-0.39, 0.29) is 0 Å². The quantitative estimate of drug-likeness (QED) is 0.159. The van der Waals surface area contributed by atoms with E-state index < -0.39 is 24.1 Å². The van der Waals surface area contributed by atoms with Crippen LogP contribution in [0.25, 0.3) is 0 Å². The predicted molar refractivity (Wildman–Crippen MR) is 148 cm³/mol. The van der Waals surface area contributed by atoms with Gasteiger partial charge in [0.1, 0.15) is 6.04 Å². The topological polar surface area (TPSA) is 98.1 Å². The first kappa shape index (κ1) is 34.2. The van der Waals surface area contributed by atoms with E-state index in [0.29, 0.717) is 13.1 Å². The van der Waals surface area contributed by atoms with Gasteiger partial charge in [-0.1, -0.05) is 111 Å². The summed E-state index contributed by atoms with van der Waals surface area (Å²) in [5.41, 5.74) is 0. The van der Waals surface area contributed by atoms with Gasteiger partial charge in [0.2, 0.25) is 0 Å². The highest BCUT2D eigenvalue weighted by Gasteiger charge is 2.35. The van der Waals surface area contributed by atoms with E-state index in [4.69, 9.17) is 15.3 Å². The van der Waals surface area contributed by atoms with Crippen molar-refractivity contribution in [2.75, 3.05) is 18.8 Å². The van der Waals surface area contributed by atoms with Gasteiger partial charge in [-0.15, -0.1) is 0 Å². The molecule has 35 heavy (non-hydrogen) atoms.